The van der Waals surface area contributed by atoms with Gasteiger partial charge in [0, 0.05) is 20.7 Å². The van der Waals surface area contributed by atoms with Crippen LogP contribution < -0.4 is 5.73 Å². The molecule has 1 unspecified atom stereocenters. The second-order valence-electron chi connectivity index (χ2n) is 5.31. The number of pyridine rings is 1. The monoisotopic (exact) mass is 388 g/mol. The van der Waals surface area contributed by atoms with Crippen LogP contribution in [0.3, 0.4) is 0 Å². The topological polar surface area (TPSA) is 38.9 Å². The highest BCUT2D eigenvalue weighted by Crippen LogP contribution is 2.25. The van der Waals surface area contributed by atoms with Crippen molar-refractivity contribution in [1.82, 2.24) is 4.98 Å². The fourth-order valence-corrected chi connectivity index (χ4v) is 2.99. The number of nitrogens with zero attached hydrogens (tertiary/aromatic N) is 1. The molecule has 2 aromatic carbocycles. The van der Waals surface area contributed by atoms with Crippen LogP contribution in [0.5, 0.6) is 0 Å². The van der Waals surface area contributed by atoms with Gasteiger partial charge >= 0.3 is 0 Å². The summed E-state index contributed by atoms with van der Waals surface area (Å²) in [4.78, 5) is 4.58. The molecular formula is C18H17IN2. The molecule has 0 aliphatic carbocycles. The lowest BCUT2D eigenvalue weighted by Gasteiger charge is -2.15. The predicted molar refractivity (Wildman–Crippen MR) is 96.3 cm³/mol. The Morgan fingerprint density at radius 1 is 1.10 bits per heavy atom. The van der Waals surface area contributed by atoms with Gasteiger partial charge in [0.2, 0.25) is 0 Å². The number of rotatable bonds is 3. The molecule has 3 heteroatoms. The highest BCUT2D eigenvalue weighted by atomic mass is 127. The third-order valence-corrected chi connectivity index (χ3v) is 4.36. The lowest BCUT2D eigenvalue weighted by molar-refractivity contribution is 0.726. The maximum absolute atomic E-state index is 6.47. The number of para-hydroxylation sites is 1. The predicted octanol–water partition coefficient (Wildman–Crippen LogP) is 4.39. The molecule has 0 aliphatic rings. The van der Waals surface area contributed by atoms with Crippen molar-refractivity contribution in [2.24, 2.45) is 5.73 Å². The van der Waals surface area contributed by atoms with Crippen molar-refractivity contribution in [3.05, 3.63) is 75.0 Å². The van der Waals surface area contributed by atoms with Crippen LogP contribution in [0.4, 0.5) is 0 Å². The minimum absolute atomic E-state index is 0.0170. The van der Waals surface area contributed by atoms with E-state index >= 15 is 0 Å². The van der Waals surface area contributed by atoms with Gasteiger partial charge in [0.15, 0.2) is 0 Å². The van der Waals surface area contributed by atoms with Crippen LogP contribution in [-0.2, 0) is 6.42 Å². The molecule has 0 aliphatic heterocycles. The lowest BCUT2D eigenvalue weighted by Crippen LogP contribution is -2.14. The third-order valence-electron chi connectivity index (χ3n) is 3.64. The standard InChI is InChI=1S/C18H17IN2/c1-12-10-16(15-4-2-3-5-18(15)21-12)17(20)11-13-6-8-14(19)9-7-13/h2-10,17H,11,20H2,1H3. The van der Waals surface area contributed by atoms with Gasteiger partial charge in [-0.05, 0) is 71.3 Å². The number of aryl methyl sites for hydroxylation is 1. The van der Waals surface area contributed by atoms with E-state index in [0.29, 0.717) is 0 Å². The zero-order valence-electron chi connectivity index (χ0n) is 11.9. The van der Waals surface area contributed by atoms with Crippen molar-refractivity contribution in [3.63, 3.8) is 0 Å². The van der Waals surface area contributed by atoms with E-state index < -0.39 is 0 Å². The number of benzene rings is 2. The van der Waals surface area contributed by atoms with E-state index in [1.807, 2.05) is 25.1 Å². The normalized spacial score (nSPS) is 12.5. The Hall–Kier alpha value is -1.46. The Balaban J connectivity index is 1.97. The Kier molecular flexibility index (Phi) is 4.22. The van der Waals surface area contributed by atoms with Crippen molar-refractivity contribution in [2.75, 3.05) is 0 Å². The summed E-state index contributed by atoms with van der Waals surface area (Å²) in [7, 11) is 0. The molecule has 21 heavy (non-hydrogen) atoms. The van der Waals surface area contributed by atoms with Gasteiger partial charge in [-0.25, -0.2) is 0 Å². The van der Waals surface area contributed by atoms with Gasteiger partial charge in [0.25, 0.3) is 0 Å². The first-order valence-electron chi connectivity index (χ1n) is 7.00. The Bertz CT molecular complexity index is 766. The van der Waals surface area contributed by atoms with Crippen LogP contribution >= 0.6 is 22.6 Å². The van der Waals surface area contributed by atoms with Crippen LogP contribution in [0.25, 0.3) is 10.9 Å². The summed E-state index contributed by atoms with van der Waals surface area (Å²) in [5.74, 6) is 0. The fraction of sp³-hybridized carbons (Fsp3) is 0.167. The molecule has 1 aromatic heterocycles. The Morgan fingerprint density at radius 2 is 1.81 bits per heavy atom. The molecule has 0 bridgehead atoms. The quantitative estimate of drug-likeness (QED) is 0.676. The minimum Gasteiger partial charge on any atom is -0.324 e. The summed E-state index contributed by atoms with van der Waals surface area (Å²) in [6.45, 7) is 2.02. The van der Waals surface area contributed by atoms with Crippen molar-refractivity contribution in [2.45, 2.75) is 19.4 Å². The molecule has 3 aromatic rings. The molecule has 0 radical (unpaired) electrons. The van der Waals surface area contributed by atoms with Crippen molar-refractivity contribution in [1.29, 1.82) is 0 Å². The maximum Gasteiger partial charge on any atom is 0.0708 e. The highest BCUT2D eigenvalue weighted by Gasteiger charge is 2.12. The van der Waals surface area contributed by atoms with E-state index in [9.17, 15) is 0 Å². The van der Waals surface area contributed by atoms with Gasteiger partial charge in [0.1, 0.15) is 0 Å². The molecule has 0 fully saturated rings. The average molecular weight is 388 g/mol. The molecule has 2 N–H and O–H groups in total. The van der Waals surface area contributed by atoms with E-state index in [2.05, 4.69) is 64.0 Å². The second-order valence-corrected chi connectivity index (χ2v) is 6.55. The van der Waals surface area contributed by atoms with Gasteiger partial charge in [-0.3, -0.25) is 4.98 Å². The van der Waals surface area contributed by atoms with Crippen LogP contribution in [0, 0.1) is 10.5 Å². The van der Waals surface area contributed by atoms with E-state index in [4.69, 9.17) is 5.73 Å². The van der Waals surface area contributed by atoms with Crippen LogP contribution in [0.1, 0.15) is 22.9 Å². The molecule has 1 atom stereocenters. The SMILES string of the molecule is Cc1cc(C(N)Cc2ccc(I)cc2)c2ccccc2n1. The van der Waals surface area contributed by atoms with Crippen molar-refractivity contribution in [3.8, 4) is 0 Å². The molecule has 0 saturated heterocycles. The first-order chi connectivity index (χ1) is 10.1. The van der Waals surface area contributed by atoms with Crippen LogP contribution in [0.15, 0.2) is 54.6 Å². The average Bonchev–Trinajstić information content (AvgIpc) is 2.48. The summed E-state index contributed by atoms with van der Waals surface area (Å²) >= 11 is 2.32. The van der Waals surface area contributed by atoms with Gasteiger partial charge in [-0.1, -0.05) is 30.3 Å². The zero-order valence-corrected chi connectivity index (χ0v) is 14.0. The molecule has 2 nitrogen and oxygen atoms in total. The summed E-state index contributed by atoms with van der Waals surface area (Å²) < 4.78 is 1.25. The highest BCUT2D eigenvalue weighted by molar-refractivity contribution is 14.1. The maximum atomic E-state index is 6.47. The zero-order chi connectivity index (χ0) is 14.8. The first-order valence-corrected chi connectivity index (χ1v) is 8.07. The van der Waals surface area contributed by atoms with Gasteiger partial charge in [-0.15, -0.1) is 0 Å². The van der Waals surface area contributed by atoms with Gasteiger partial charge in [0.05, 0.1) is 5.52 Å². The third kappa shape index (κ3) is 3.24. The molecule has 0 amide bonds. The smallest absolute Gasteiger partial charge is 0.0708 e. The number of halogens is 1. The lowest BCUT2D eigenvalue weighted by atomic mass is 9.96. The molecule has 3 rings (SSSR count). The largest absolute Gasteiger partial charge is 0.324 e. The number of hydrogen-bond acceptors (Lipinski definition) is 2. The molecule has 0 spiro atoms. The first kappa shape index (κ1) is 14.5. The van der Waals surface area contributed by atoms with Crippen molar-refractivity contribution < 1.29 is 0 Å². The van der Waals surface area contributed by atoms with E-state index in [1.54, 1.807) is 0 Å². The number of nitrogens with two attached hydrogens (primary N) is 1. The van der Waals surface area contributed by atoms with Gasteiger partial charge < -0.3 is 5.73 Å². The number of fused-ring (bicyclic) bond motifs is 1. The summed E-state index contributed by atoms with van der Waals surface area (Å²) in [6.07, 6.45) is 0.838. The second kappa shape index (κ2) is 6.12. The van der Waals surface area contributed by atoms with Gasteiger partial charge in [-0.2, -0.15) is 0 Å². The van der Waals surface area contributed by atoms with E-state index in [-0.39, 0.29) is 6.04 Å². The summed E-state index contributed by atoms with van der Waals surface area (Å²) in [6, 6.07) is 18.8. The van der Waals surface area contributed by atoms with E-state index in [1.165, 1.54) is 14.7 Å². The Labute approximate surface area is 138 Å². The van der Waals surface area contributed by atoms with E-state index in [0.717, 1.165) is 23.0 Å². The molecule has 1 heterocycles. The van der Waals surface area contributed by atoms with Crippen LogP contribution in [0.2, 0.25) is 0 Å². The molecule has 0 saturated carbocycles. The minimum atomic E-state index is -0.0170. The van der Waals surface area contributed by atoms with Crippen LogP contribution in [-0.4, -0.2) is 4.98 Å². The molecule has 106 valence electrons. The number of aromatic nitrogens is 1. The number of hydrogen-bond donors (Lipinski definition) is 1. The van der Waals surface area contributed by atoms with Crippen molar-refractivity contribution >= 4 is 33.5 Å². The Morgan fingerprint density at radius 3 is 2.57 bits per heavy atom. The fourth-order valence-electron chi connectivity index (χ4n) is 2.63. The summed E-state index contributed by atoms with van der Waals surface area (Å²) in [5, 5.41) is 1.15. The summed E-state index contributed by atoms with van der Waals surface area (Å²) in [5.41, 5.74) is 10.9. The molecular weight excluding hydrogens is 371 g/mol.